The van der Waals surface area contributed by atoms with Crippen molar-refractivity contribution in [3.05, 3.63) is 41.3 Å². The number of aromatic carboxylic acids is 1. The Labute approximate surface area is 103 Å². The van der Waals surface area contributed by atoms with E-state index in [1.54, 1.807) is 12.1 Å². The lowest BCUT2D eigenvalue weighted by Crippen LogP contribution is -2.03. The van der Waals surface area contributed by atoms with Crippen LogP contribution in [0.25, 0.3) is 11.3 Å². The second kappa shape index (κ2) is 4.60. The van der Waals surface area contributed by atoms with Gasteiger partial charge in [-0.25, -0.2) is 9.18 Å². The van der Waals surface area contributed by atoms with E-state index in [4.69, 9.17) is 5.11 Å². The molecular weight excluding hydrogens is 235 g/mol. The van der Waals surface area contributed by atoms with E-state index in [-0.39, 0.29) is 17.4 Å². The van der Waals surface area contributed by atoms with Crippen LogP contribution in [0.1, 0.15) is 35.8 Å². The number of aromatic amines is 1. The number of benzene rings is 1. The number of carboxylic acid groups (broad SMARTS) is 1. The van der Waals surface area contributed by atoms with E-state index in [9.17, 15) is 9.18 Å². The summed E-state index contributed by atoms with van der Waals surface area (Å²) in [6, 6.07) is 5.83. The van der Waals surface area contributed by atoms with E-state index >= 15 is 0 Å². The molecule has 0 unspecified atom stereocenters. The zero-order valence-corrected chi connectivity index (χ0v) is 10.1. The zero-order chi connectivity index (χ0) is 13.3. The summed E-state index contributed by atoms with van der Waals surface area (Å²) in [5.41, 5.74) is 1.98. The van der Waals surface area contributed by atoms with Crippen LogP contribution in [-0.2, 0) is 0 Å². The molecule has 0 atom stereocenters. The number of nitrogens with one attached hydrogen (secondary N) is 1. The molecule has 0 saturated carbocycles. The van der Waals surface area contributed by atoms with Crippen LogP contribution in [0.15, 0.2) is 24.3 Å². The van der Waals surface area contributed by atoms with Crippen molar-refractivity contribution in [1.29, 1.82) is 0 Å². The molecule has 0 spiro atoms. The van der Waals surface area contributed by atoms with Crippen molar-refractivity contribution in [1.82, 2.24) is 10.2 Å². The zero-order valence-electron chi connectivity index (χ0n) is 10.1. The molecule has 1 heterocycles. The molecule has 0 amide bonds. The van der Waals surface area contributed by atoms with E-state index in [0.29, 0.717) is 16.8 Å². The summed E-state index contributed by atoms with van der Waals surface area (Å²) < 4.78 is 12.9. The quantitative estimate of drug-likeness (QED) is 0.877. The summed E-state index contributed by atoms with van der Waals surface area (Å²) in [5.74, 6) is -1.37. The Bertz CT molecular complexity index is 573. The maximum Gasteiger partial charge on any atom is 0.354 e. The third-order valence-electron chi connectivity index (χ3n) is 2.71. The van der Waals surface area contributed by atoms with Gasteiger partial charge >= 0.3 is 5.97 Å². The number of aromatic nitrogens is 2. The van der Waals surface area contributed by atoms with E-state index in [1.165, 1.54) is 12.1 Å². The smallest absolute Gasteiger partial charge is 0.354 e. The second-order valence-corrected chi connectivity index (χ2v) is 4.33. The van der Waals surface area contributed by atoms with Gasteiger partial charge in [0.25, 0.3) is 0 Å². The molecule has 0 aliphatic heterocycles. The first-order valence-electron chi connectivity index (χ1n) is 5.58. The standard InChI is InChI=1S/C13H13FN2O2/c1-7(2)10-11(15-16-12(10)13(17)18)8-3-5-9(14)6-4-8/h3-7H,1-2H3,(H,15,16)(H,17,18). The van der Waals surface area contributed by atoms with Gasteiger partial charge in [0.15, 0.2) is 0 Å². The van der Waals surface area contributed by atoms with Gasteiger partial charge in [-0.3, -0.25) is 5.10 Å². The van der Waals surface area contributed by atoms with Crippen molar-refractivity contribution in [2.45, 2.75) is 19.8 Å². The van der Waals surface area contributed by atoms with Crippen molar-refractivity contribution < 1.29 is 14.3 Å². The van der Waals surface area contributed by atoms with Crippen molar-refractivity contribution >= 4 is 5.97 Å². The minimum Gasteiger partial charge on any atom is -0.477 e. The van der Waals surface area contributed by atoms with Gasteiger partial charge in [0.2, 0.25) is 0 Å². The van der Waals surface area contributed by atoms with Crippen molar-refractivity contribution in [2.75, 3.05) is 0 Å². The largest absolute Gasteiger partial charge is 0.477 e. The molecule has 4 nitrogen and oxygen atoms in total. The van der Waals surface area contributed by atoms with Crippen molar-refractivity contribution in [3.8, 4) is 11.3 Å². The van der Waals surface area contributed by atoms with Gasteiger partial charge in [-0.1, -0.05) is 13.8 Å². The van der Waals surface area contributed by atoms with Gasteiger partial charge in [0, 0.05) is 11.1 Å². The van der Waals surface area contributed by atoms with Crippen molar-refractivity contribution in [2.24, 2.45) is 0 Å². The fourth-order valence-electron chi connectivity index (χ4n) is 1.90. The maximum absolute atomic E-state index is 12.9. The highest BCUT2D eigenvalue weighted by Gasteiger charge is 2.21. The van der Waals surface area contributed by atoms with Crippen molar-refractivity contribution in [3.63, 3.8) is 0 Å². The molecule has 0 aliphatic carbocycles. The molecule has 0 aliphatic rings. The molecule has 0 saturated heterocycles. The lowest BCUT2D eigenvalue weighted by Gasteiger charge is -2.07. The summed E-state index contributed by atoms with van der Waals surface area (Å²) in [6.07, 6.45) is 0. The van der Waals surface area contributed by atoms with Crippen LogP contribution in [0, 0.1) is 5.82 Å². The van der Waals surface area contributed by atoms with E-state index in [2.05, 4.69) is 10.2 Å². The highest BCUT2D eigenvalue weighted by atomic mass is 19.1. The lowest BCUT2D eigenvalue weighted by molar-refractivity contribution is 0.0689. The molecule has 0 bridgehead atoms. The third kappa shape index (κ3) is 2.11. The first-order chi connectivity index (χ1) is 8.50. The van der Waals surface area contributed by atoms with Gasteiger partial charge in [0.1, 0.15) is 11.5 Å². The summed E-state index contributed by atoms with van der Waals surface area (Å²) in [5, 5.41) is 15.6. The Kier molecular flexibility index (Phi) is 3.14. The minimum absolute atomic E-state index is 0.00917. The number of hydrogen-bond donors (Lipinski definition) is 2. The van der Waals surface area contributed by atoms with E-state index < -0.39 is 5.97 Å². The molecule has 5 heteroatoms. The van der Waals surface area contributed by atoms with Crippen LogP contribution >= 0.6 is 0 Å². The highest BCUT2D eigenvalue weighted by molar-refractivity contribution is 5.89. The molecule has 2 rings (SSSR count). The number of hydrogen-bond acceptors (Lipinski definition) is 2. The minimum atomic E-state index is -1.04. The first kappa shape index (κ1) is 12.3. The first-order valence-corrected chi connectivity index (χ1v) is 5.58. The SMILES string of the molecule is CC(C)c1c(-c2ccc(F)cc2)n[nH]c1C(=O)O. The highest BCUT2D eigenvalue weighted by Crippen LogP contribution is 2.30. The topological polar surface area (TPSA) is 66.0 Å². The van der Waals surface area contributed by atoms with Crippen LogP contribution in [-0.4, -0.2) is 21.3 Å². The average Bonchev–Trinajstić information content (AvgIpc) is 2.74. The van der Waals surface area contributed by atoms with E-state index in [1.807, 2.05) is 13.8 Å². The number of halogens is 1. The summed E-state index contributed by atoms with van der Waals surface area (Å²) in [7, 11) is 0. The van der Waals surface area contributed by atoms with Gasteiger partial charge in [0.05, 0.1) is 5.69 Å². The summed E-state index contributed by atoms with van der Waals surface area (Å²) in [6.45, 7) is 3.79. The molecule has 18 heavy (non-hydrogen) atoms. The Hall–Kier alpha value is -2.17. The molecule has 0 radical (unpaired) electrons. The molecule has 0 fully saturated rings. The fraction of sp³-hybridized carbons (Fsp3) is 0.231. The summed E-state index contributed by atoms with van der Waals surface area (Å²) in [4.78, 5) is 11.1. The predicted molar refractivity (Wildman–Crippen MR) is 65.0 cm³/mol. The number of carbonyl (C=O) groups is 1. The van der Waals surface area contributed by atoms with Gasteiger partial charge in [-0.2, -0.15) is 5.10 Å². The number of carboxylic acids is 1. The maximum atomic E-state index is 12.9. The molecule has 1 aromatic carbocycles. The van der Waals surface area contributed by atoms with Gasteiger partial charge in [-0.15, -0.1) is 0 Å². The normalized spacial score (nSPS) is 10.9. The number of rotatable bonds is 3. The van der Waals surface area contributed by atoms with Crippen LogP contribution in [0.4, 0.5) is 4.39 Å². The number of H-pyrrole nitrogens is 1. The summed E-state index contributed by atoms with van der Waals surface area (Å²) >= 11 is 0. The Balaban J connectivity index is 2.57. The molecular formula is C13H13FN2O2. The van der Waals surface area contributed by atoms with Crippen LogP contribution in [0.2, 0.25) is 0 Å². The van der Waals surface area contributed by atoms with E-state index in [0.717, 1.165) is 0 Å². The van der Waals surface area contributed by atoms with Crippen LogP contribution < -0.4 is 0 Å². The predicted octanol–water partition coefficient (Wildman–Crippen LogP) is 3.04. The number of nitrogens with zero attached hydrogens (tertiary/aromatic N) is 1. The molecule has 1 aromatic heterocycles. The fourth-order valence-corrected chi connectivity index (χ4v) is 1.90. The Morgan fingerprint density at radius 3 is 2.44 bits per heavy atom. The van der Waals surface area contributed by atoms with Crippen LogP contribution in [0.3, 0.4) is 0 Å². The monoisotopic (exact) mass is 248 g/mol. The second-order valence-electron chi connectivity index (χ2n) is 4.33. The Morgan fingerprint density at radius 2 is 1.94 bits per heavy atom. The molecule has 94 valence electrons. The molecule has 2 N–H and O–H groups in total. The lowest BCUT2D eigenvalue weighted by atomic mass is 9.96. The average molecular weight is 248 g/mol. The van der Waals surface area contributed by atoms with Gasteiger partial charge in [-0.05, 0) is 30.2 Å². The molecule has 2 aromatic rings. The Morgan fingerprint density at radius 1 is 1.33 bits per heavy atom. The van der Waals surface area contributed by atoms with Crippen LogP contribution in [0.5, 0.6) is 0 Å². The third-order valence-corrected chi connectivity index (χ3v) is 2.71. The van der Waals surface area contributed by atoms with Gasteiger partial charge < -0.3 is 5.11 Å².